The van der Waals surface area contributed by atoms with E-state index in [0.717, 1.165) is 23.5 Å². The van der Waals surface area contributed by atoms with Crippen LogP contribution < -0.4 is 5.32 Å². The first-order valence-corrected chi connectivity index (χ1v) is 8.08. The molecule has 0 spiro atoms. The third-order valence-electron chi connectivity index (χ3n) is 4.05. The van der Waals surface area contributed by atoms with Gasteiger partial charge in [0, 0.05) is 23.6 Å². The maximum atomic E-state index is 12.4. The summed E-state index contributed by atoms with van der Waals surface area (Å²) in [7, 11) is 0. The molecule has 0 fully saturated rings. The SMILES string of the molecule is CCn1c(C)cc(C(=O)O[C@H](C)C(=O)Nc2cccc(C)c2)c1C. The molecule has 1 aromatic heterocycles. The molecular formula is C19H24N2O3. The zero-order chi connectivity index (χ0) is 17.9. The largest absolute Gasteiger partial charge is 0.449 e. The molecule has 0 aliphatic heterocycles. The Morgan fingerprint density at radius 3 is 2.50 bits per heavy atom. The van der Waals surface area contributed by atoms with Gasteiger partial charge in [0.25, 0.3) is 5.91 Å². The van der Waals surface area contributed by atoms with Crippen LogP contribution in [-0.4, -0.2) is 22.5 Å². The smallest absolute Gasteiger partial charge is 0.340 e. The Kier molecular flexibility index (Phi) is 5.44. The average Bonchev–Trinajstić information content (AvgIpc) is 2.81. The number of ether oxygens (including phenoxy) is 1. The number of hydrogen-bond donors (Lipinski definition) is 1. The molecule has 0 aliphatic carbocycles. The Labute approximate surface area is 142 Å². The monoisotopic (exact) mass is 328 g/mol. The zero-order valence-electron chi connectivity index (χ0n) is 14.8. The molecule has 1 aromatic carbocycles. The number of carbonyl (C=O) groups excluding carboxylic acids is 2. The highest BCUT2D eigenvalue weighted by atomic mass is 16.5. The zero-order valence-corrected chi connectivity index (χ0v) is 14.8. The van der Waals surface area contributed by atoms with Gasteiger partial charge in [0.1, 0.15) is 0 Å². The fraction of sp³-hybridized carbons (Fsp3) is 0.368. The molecular weight excluding hydrogens is 304 g/mol. The fourth-order valence-electron chi connectivity index (χ4n) is 2.74. The van der Waals surface area contributed by atoms with Crippen LogP contribution >= 0.6 is 0 Å². The van der Waals surface area contributed by atoms with Crippen molar-refractivity contribution in [2.24, 2.45) is 0 Å². The third kappa shape index (κ3) is 3.85. The number of rotatable bonds is 5. The predicted molar refractivity (Wildman–Crippen MR) is 94.3 cm³/mol. The van der Waals surface area contributed by atoms with Crippen molar-refractivity contribution in [1.29, 1.82) is 0 Å². The first-order valence-electron chi connectivity index (χ1n) is 8.08. The quantitative estimate of drug-likeness (QED) is 0.853. The van der Waals surface area contributed by atoms with Gasteiger partial charge in [-0.05, 0) is 58.4 Å². The van der Waals surface area contributed by atoms with E-state index in [2.05, 4.69) is 5.32 Å². The topological polar surface area (TPSA) is 60.3 Å². The van der Waals surface area contributed by atoms with Gasteiger partial charge in [-0.3, -0.25) is 4.79 Å². The van der Waals surface area contributed by atoms with E-state index >= 15 is 0 Å². The van der Waals surface area contributed by atoms with Gasteiger partial charge in [-0.15, -0.1) is 0 Å². The van der Waals surface area contributed by atoms with Crippen molar-refractivity contribution in [1.82, 2.24) is 4.57 Å². The highest BCUT2D eigenvalue weighted by Gasteiger charge is 2.22. The normalized spacial score (nSPS) is 11.9. The third-order valence-corrected chi connectivity index (χ3v) is 4.05. The predicted octanol–water partition coefficient (Wildman–Crippen LogP) is 3.62. The van der Waals surface area contributed by atoms with Crippen molar-refractivity contribution in [2.75, 3.05) is 5.32 Å². The van der Waals surface area contributed by atoms with Crippen molar-refractivity contribution in [3.63, 3.8) is 0 Å². The van der Waals surface area contributed by atoms with Crippen molar-refractivity contribution < 1.29 is 14.3 Å². The summed E-state index contributed by atoms with van der Waals surface area (Å²) < 4.78 is 7.37. The molecule has 1 amide bonds. The number of nitrogens with zero attached hydrogens (tertiary/aromatic N) is 1. The highest BCUT2D eigenvalue weighted by Crippen LogP contribution is 2.17. The summed E-state index contributed by atoms with van der Waals surface area (Å²) in [6, 6.07) is 9.27. The summed E-state index contributed by atoms with van der Waals surface area (Å²) in [5, 5.41) is 2.76. The number of benzene rings is 1. The van der Waals surface area contributed by atoms with E-state index in [1.54, 1.807) is 19.1 Å². The summed E-state index contributed by atoms with van der Waals surface area (Å²) in [6.07, 6.45) is -0.873. The minimum absolute atomic E-state index is 0.349. The molecule has 2 aromatic rings. The Bertz CT molecular complexity index is 762. The van der Waals surface area contributed by atoms with E-state index in [4.69, 9.17) is 4.74 Å². The molecule has 1 N–H and O–H groups in total. The molecule has 0 unspecified atom stereocenters. The first-order chi connectivity index (χ1) is 11.3. The van der Waals surface area contributed by atoms with Gasteiger partial charge in [0.05, 0.1) is 5.56 Å². The first kappa shape index (κ1) is 17.8. The molecule has 1 atom stereocenters. The highest BCUT2D eigenvalue weighted by molar-refractivity contribution is 5.97. The number of anilines is 1. The lowest BCUT2D eigenvalue weighted by molar-refractivity contribution is -0.123. The van der Waals surface area contributed by atoms with Crippen LogP contribution in [0.1, 0.15) is 41.2 Å². The number of amides is 1. The van der Waals surface area contributed by atoms with E-state index in [0.29, 0.717) is 11.3 Å². The molecule has 2 rings (SSSR count). The molecule has 0 saturated heterocycles. The van der Waals surface area contributed by atoms with Gasteiger partial charge in [-0.1, -0.05) is 12.1 Å². The summed E-state index contributed by atoms with van der Waals surface area (Å²) in [6.45, 7) is 10.2. The molecule has 5 heteroatoms. The van der Waals surface area contributed by atoms with E-state index < -0.39 is 12.1 Å². The van der Waals surface area contributed by atoms with Crippen LogP contribution in [-0.2, 0) is 16.1 Å². The van der Waals surface area contributed by atoms with Crippen molar-refractivity contribution in [2.45, 2.75) is 47.3 Å². The van der Waals surface area contributed by atoms with Gasteiger partial charge in [-0.2, -0.15) is 0 Å². The maximum absolute atomic E-state index is 12.4. The van der Waals surface area contributed by atoms with Crippen molar-refractivity contribution in [3.05, 3.63) is 52.8 Å². The lowest BCUT2D eigenvalue weighted by Crippen LogP contribution is -2.30. The Morgan fingerprint density at radius 2 is 1.92 bits per heavy atom. The van der Waals surface area contributed by atoms with E-state index in [1.807, 2.05) is 50.5 Å². The Hall–Kier alpha value is -2.56. The van der Waals surface area contributed by atoms with Crippen LogP contribution in [0.3, 0.4) is 0 Å². The van der Waals surface area contributed by atoms with Crippen LogP contribution in [0.15, 0.2) is 30.3 Å². The van der Waals surface area contributed by atoms with Crippen LogP contribution in [0, 0.1) is 20.8 Å². The fourth-order valence-corrected chi connectivity index (χ4v) is 2.74. The van der Waals surface area contributed by atoms with Crippen LogP contribution in [0.4, 0.5) is 5.69 Å². The number of carbonyl (C=O) groups is 2. The standard InChI is InChI=1S/C19H24N2O3/c1-6-21-13(3)11-17(14(21)4)19(23)24-15(5)18(22)20-16-9-7-8-12(2)10-16/h7-11,15H,6H2,1-5H3,(H,20,22)/t15-/m1/s1. The molecule has 0 bridgehead atoms. The summed E-state index contributed by atoms with van der Waals surface area (Å²) in [4.78, 5) is 24.6. The number of hydrogen-bond acceptors (Lipinski definition) is 3. The minimum atomic E-state index is -0.873. The van der Waals surface area contributed by atoms with Gasteiger partial charge >= 0.3 is 5.97 Å². The Morgan fingerprint density at radius 1 is 1.21 bits per heavy atom. The maximum Gasteiger partial charge on any atom is 0.340 e. The number of nitrogens with one attached hydrogen (secondary N) is 1. The number of aryl methyl sites for hydroxylation is 2. The van der Waals surface area contributed by atoms with Crippen LogP contribution in [0.5, 0.6) is 0 Å². The lowest BCUT2D eigenvalue weighted by Gasteiger charge is -2.14. The molecule has 0 radical (unpaired) electrons. The van der Waals surface area contributed by atoms with Gasteiger partial charge in [0.2, 0.25) is 0 Å². The van der Waals surface area contributed by atoms with E-state index in [9.17, 15) is 9.59 Å². The lowest BCUT2D eigenvalue weighted by atomic mass is 10.2. The van der Waals surface area contributed by atoms with Gasteiger partial charge in [0.15, 0.2) is 6.10 Å². The minimum Gasteiger partial charge on any atom is -0.449 e. The summed E-state index contributed by atoms with van der Waals surface area (Å²) in [5.41, 5.74) is 4.09. The summed E-state index contributed by atoms with van der Waals surface area (Å²) >= 11 is 0. The Balaban J connectivity index is 2.04. The second kappa shape index (κ2) is 7.34. The summed E-state index contributed by atoms with van der Waals surface area (Å²) in [5.74, 6) is -0.826. The number of esters is 1. The second-order valence-electron chi connectivity index (χ2n) is 5.94. The van der Waals surface area contributed by atoms with Crippen molar-refractivity contribution in [3.8, 4) is 0 Å². The van der Waals surface area contributed by atoms with Crippen molar-refractivity contribution >= 4 is 17.6 Å². The second-order valence-corrected chi connectivity index (χ2v) is 5.94. The number of aromatic nitrogens is 1. The molecule has 1 heterocycles. The molecule has 24 heavy (non-hydrogen) atoms. The van der Waals surface area contributed by atoms with Gasteiger partial charge in [-0.25, -0.2) is 4.79 Å². The van der Waals surface area contributed by atoms with E-state index in [-0.39, 0.29) is 5.91 Å². The molecule has 5 nitrogen and oxygen atoms in total. The van der Waals surface area contributed by atoms with Crippen LogP contribution in [0.2, 0.25) is 0 Å². The van der Waals surface area contributed by atoms with Crippen LogP contribution in [0.25, 0.3) is 0 Å². The van der Waals surface area contributed by atoms with Gasteiger partial charge < -0.3 is 14.6 Å². The molecule has 0 saturated carbocycles. The van der Waals surface area contributed by atoms with E-state index in [1.165, 1.54) is 0 Å². The average molecular weight is 328 g/mol. The molecule has 0 aliphatic rings. The molecule has 128 valence electrons.